The minimum absolute atomic E-state index is 0.115. The molecule has 2 N–H and O–H groups in total. The Balaban J connectivity index is 2.31. The molecule has 0 saturated heterocycles. The average Bonchev–Trinajstić information content (AvgIpc) is 2.75. The number of anilines is 1. The molecule has 0 unspecified atom stereocenters. The van der Waals surface area contributed by atoms with E-state index in [1.165, 1.54) is 0 Å². The maximum atomic E-state index is 12.4. The van der Waals surface area contributed by atoms with Crippen LogP contribution in [0.4, 0.5) is 5.82 Å². The molecule has 1 aromatic carbocycles. The Bertz CT molecular complexity index is 755. The van der Waals surface area contributed by atoms with Gasteiger partial charge in [0.05, 0.1) is 4.90 Å². The van der Waals surface area contributed by atoms with Crippen LogP contribution in [0.15, 0.2) is 29.2 Å². The molecule has 1 aromatic heterocycles. The number of nitrogens with one attached hydrogen (secondary N) is 2. The lowest BCUT2D eigenvalue weighted by Gasteiger charge is -2.14. The molecule has 5 nitrogen and oxygen atoms in total. The predicted molar refractivity (Wildman–Crippen MR) is 84.0 cm³/mol. The van der Waals surface area contributed by atoms with Crippen LogP contribution in [0.25, 0.3) is 0 Å². The number of hydrogen-bond donors (Lipinski definition) is 2. The fourth-order valence-corrected chi connectivity index (χ4v) is 3.27. The molecular formula is C15H21N3O2S. The summed E-state index contributed by atoms with van der Waals surface area (Å²) in [5.74, 6) is 0.305. The van der Waals surface area contributed by atoms with Crippen LogP contribution in [-0.4, -0.2) is 18.6 Å². The summed E-state index contributed by atoms with van der Waals surface area (Å²) in [6.07, 6.45) is 0. The fourth-order valence-electron chi connectivity index (χ4n) is 2.05. The fraction of sp³-hybridized carbons (Fsp3) is 0.400. The number of aromatic amines is 1. The number of rotatable bonds is 3. The molecule has 2 rings (SSSR count). The number of aromatic nitrogens is 2. The number of nitrogens with zero attached hydrogens (tertiary/aromatic N) is 1. The zero-order valence-corrected chi connectivity index (χ0v) is 13.8. The number of aryl methyl sites for hydroxylation is 2. The molecule has 0 amide bonds. The van der Waals surface area contributed by atoms with E-state index in [1.807, 2.05) is 33.8 Å². The molecule has 0 aliphatic rings. The van der Waals surface area contributed by atoms with Gasteiger partial charge in [0.25, 0.3) is 10.0 Å². The van der Waals surface area contributed by atoms with Crippen molar-refractivity contribution in [3.63, 3.8) is 0 Å². The SMILES string of the molecule is Cc1ccc(S(=O)(=O)Nc2cc(C(C)(C)C)[nH]n2)c(C)c1. The Morgan fingerprint density at radius 3 is 2.33 bits per heavy atom. The van der Waals surface area contributed by atoms with Gasteiger partial charge in [-0.15, -0.1) is 0 Å². The van der Waals surface area contributed by atoms with Crippen molar-refractivity contribution in [1.82, 2.24) is 10.2 Å². The molecule has 0 bridgehead atoms. The van der Waals surface area contributed by atoms with Crippen LogP contribution in [-0.2, 0) is 15.4 Å². The van der Waals surface area contributed by atoms with Gasteiger partial charge in [0.1, 0.15) is 0 Å². The van der Waals surface area contributed by atoms with Gasteiger partial charge in [-0.2, -0.15) is 5.10 Å². The second-order valence-electron chi connectivity index (χ2n) is 6.29. The number of hydrogen-bond acceptors (Lipinski definition) is 3. The zero-order valence-electron chi connectivity index (χ0n) is 13.0. The van der Waals surface area contributed by atoms with Crippen molar-refractivity contribution in [3.05, 3.63) is 41.1 Å². The Morgan fingerprint density at radius 2 is 1.81 bits per heavy atom. The van der Waals surface area contributed by atoms with Gasteiger partial charge in [0.15, 0.2) is 5.82 Å². The summed E-state index contributed by atoms with van der Waals surface area (Å²) in [7, 11) is -3.63. The van der Waals surface area contributed by atoms with Gasteiger partial charge in [-0.1, -0.05) is 38.5 Å². The Morgan fingerprint density at radius 1 is 1.14 bits per heavy atom. The molecule has 0 aliphatic heterocycles. The summed E-state index contributed by atoms with van der Waals surface area (Å²) < 4.78 is 27.4. The van der Waals surface area contributed by atoms with E-state index in [2.05, 4.69) is 14.9 Å². The second-order valence-corrected chi connectivity index (χ2v) is 7.94. The van der Waals surface area contributed by atoms with Gasteiger partial charge < -0.3 is 0 Å². The highest BCUT2D eigenvalue weighted by molar-refractivity contribution is 7.92. The Labute approximate surface area is 125 Å². The highest BCUT2D eigenvalue weighted by Gasteiger charge is 2.21. The van der Waals surface area contributed by atoms with Crippen LogP contribution >= 0.6 is 0 Å². The lowest BCUT2D eigenvalue weighted by molar-refractivity contribution is 0.567. The quantitative estimate of drug-likeness (QED) is 0.915. The van der Waals surface area contributed by atoms with Gasteiger partial charge in [0, 0.05) is 17.2 Å². The predicted octanol–water partition coefficient (Wildman–Crippen LogP) is 3.12. The molecule has 114 valence electrons. The van der Waals surface area contributed by atoms with E-state index < -0.39 is 10.0 Å². The van der Waals surface area contributed by atoms with Crippen molar-refractivity contribution in [3.8, 4) is 0 Å². The molecule has 21 heavy (non-hydrogen) atoms. The molecule has 0 aliphatic carbocycles. The minimum Gasteiger partial charge on any atom is -0.280 e. The van der Waals surface area contributed by atoms with Crippen LogP contribution < -0.4 is 4.72 Å². The van der Waals surface area contributed by atoms with Crippen LogP contribution in [0.5, 0.6) is 0 Å². The van der Waals surface area contributed by atoms with E-state index in [-0.39, 0.29) is 10.3 Å². The average molecular weight is 307 g/mol. The monoisotopic (exact) mass is 307 g/mol. The summed E-state index contributed by atoms with van der Waals surface area (Å²) in [5, 5.41) is 6.89. The van der Waals surface area contributed by atoms with Crippen molar-refractivity contribution >= 4 is 15.8 Å². The number of benzene rings is 1. The smallest absolute Gasteiger partial charge is 0.263 e. The van der Waals surface area contributed by atoms with Gasteiger partial charge in [-0.25, -0.2) is 8.42 Å². The van der Waals surface area contributed by atoms with Gasteiger partial charge in [-0.05, 0) is 25.5 Å². The van der Waals surface area contributed by atoms with E-state index >= 15 is 0 Å². The molecule has 0 spiro atoms. The van der Waals surface area contributed by atoms with E-state index in [4.69, 9.17) is 0 Å². The van der Waals surface area contributed by atoms with Crippen LogP contribution in [0, 0.1) is 13.8 Å². The lowest BCUT2D eigenvalue weighted by atomic mass is 9.92. The summed E-state index contributed by atoms with van der Waals surface area (Å²) >= 11 is 0. The van der Waals surface area contributed by atoms with Crippen molar-refractivity contribution in [2.24, 2.45) is 0 Å². The third-order valence-corrected chi connectivity index (χ3v) is 4.76. The summed E-state index contributed by atoms with van der Waals surface area (Å²) in [5.41, 5.74) is 2.51. The van der Waals surface area contributed by atoms with Gasteiger partial charge in [0.2, 0.25) is 0 Å². The maximum absolute atomic E-state index is 12.4. The second kappa shape index (κ2) is 5.18. The van der Waals surface area contributed by atoms with Crippen LogP contribution in [0.1, 0.15) is 37.6 Å². The van der Waals surface area contributed by atoms with E-state index in [9.17, 15) is 8.42 Å². The molecule has 6 heteroatoms. The van der Waals surface area contributed by atoms with Crippen LogP contribution in [0.3, 0.4) is 0 Å². The summed E-state index contributed by atoms with van der Waals surface area (Å²) in [4.78, 5) is 0.272. The normalized spacial score (nSPS) is 12.4. The van der Waals surface area contributed by atoms with Gasteiger partial charge >= 0.3 is 0 Å². The van der Waals surface area contributed by atoms with Crippen molar-refractivity contribution < 1.29 is 8.42 Å². The topological polar surface area (TPSA) is 74.8 Å². The van der Waals surface area contributed by atoms with E-state index in [1.54, 1.807) is 25.1 Å². The molecular weight excluding hydrogens is 286 g/mol. The van der Waals surface area contributed by atoms with Crippen molar-refractivity contribution in [1.29, 1.82) is 0 Å². The third-order valence-electron chi connectivity index (χ3n) is 3.24. The summed E-state index contributed by atoms with van der Waals surface area (Å²) in [6, 6.07) is 6.97. The first-order valence-corrected chi connectivity index (χ1v) is 8.24. The minimum atomic E-state index is -3.63. The first kappa shape index (κ1) is 15.6. The Kier molecular flexibility index (Phi) is 3.84. The first-order valence-electron chi connectivity index (χ1n) is 6.75. The maximum Gasteiger partial charge on any atom is 0.263 e. The first-order chi connectivity index (χ1) is 9.59. The largest absolute Gasteiger partial charge is 0.280 e. The Hall–Kier alpha value is -1.82. The molecule has 0 fully saturated rings. The van der Waals surface area contributed by atoms with E-state index in [0.717, 1.165) is 11.3 Å². The third kappa shape index (κ3) is 3.44. The van der Waals surface area contributed by atoms with Crippen molar-refractivity contribution in [2.45, 2.75) is 44.9 Å². The molecule has 1 heterocycles. The van der Waals surface area contributed by atoms with Crippen molar-refractivity contribution in [2.75, 3.05) is 4.72 Å². The molecule has 0 radical (unpaired) electrons. The highest BCUT2D eigenvalue weighted by atomic mass is 32.2. The molecule has 0 saturated carbocycles. The van der Waals surface area contributed by atoms with Gasteiger partial charge in [-0.3, -0.25) is 9.82 Å². The van der Waals surface area contributed by atoms with E-state index in [0.29, 0.717) is 11.4 Å². The summed E-state index contributed by atoms with van der Waals surface area (Å²) in [6.45, 7) is 9.81. The lowest BCUT2D eigenvalue weighted by Crippen LogP contribution is -2.14. The molecule has 2 aromatic rings. The molecule has 0 atom stereocenters. The number of H-pyrrole nitrogens is 1. The zero-order chi connectivity index (χ0) is 15.8. The number of sulfonamides is 1. The standard InChI is InChI=1S/C15H21N3O2S/c1-10-6-7-12(11(2)8-10)21(19,20)18-14-9-13(16-17-14)15(3,4)5/h6-9H,1-5H3,(H2,16,17,18). The van der Waals surface area contributed by atoms with Crippen LogP contribution in [0.2, 0.25) is 0 Å². The highest BCUT2D eigenvalue weighted by Crippen LogP contribution is 2.24.